The van der Waals surface area contributed by atoms with Crippen molar-refractivity contribution in [1.82, 2.24) is 0 Å². The average Bonchev–Trinajstić information content (AvgIpc) is 2.72. The zero-order valence-corrected chi connectivity index (χ0v) is 13.5. The Kier molecular flexibility index (Phi) is 3.08. The van der Waals surface area contributed by atoms with Crippen LogP contribution in [-0.4, -0.2) is 22.5 Å². The topological polar surface area (TPSA) is 40.5 Å². The van der Waals surface area contributed by atoms with Crippen LogP contribution in [-0.2, 0) is 0 Å². The molecule has 4 aliphatic rings. The van der Waals surface area contributed by atoms with Crippen LogP contribution in [0.25, 0.3) is 0 Å². The maximum atomic E-state index is 14.2. The molecule has 3 heteroatoms. The van der Waals surface area contributed by atoms with Crippen molar-refractivity contribution in [3.05, 3.63) is 24.0 Å². The predicted octanol–water partition coefficient (Wildman–Crippen LogP) is 4.17. The van der Waals surface area contributed by atoms with E-state index in [-0.39, 0.29) is 10.8 Å². The number of halogens is 1. The summed E-state index contributed by atoms with van der Waals surface area (Å²) in [5.74, 6) is 2.15. The van der Waals surface area contributed by atoms with Crippen molar-refractivity contribution in [3.8, 4) is 0 Å². The first-order valence-electron chi connectivity index (χ1n) is 8.78. The van der Waals surface area contributed by atoms with Crippen molar-refractivity contribution >= 4 is 0 Å². The lowest BCUT2D eigenvalue weighted by Crippen LogP contribution is -2.52. The normalized spacial score (nSPS) is 56.8. The van der Waals surface area contributed by atoms with E-state index in [0.29, 0.717) is 35.9 Å². The van der Waals surface area contributed by atoms with Crippen molar-refractivity contribution in [1.29, 1.82) is 0 Å². The van der Waals surface area contributed by atoms with E-state index in [1.165, 1.54) is 0 Å². The molecule has 4 rings (SSSR count). The summed E-state index contributed by atoms with van der Waals surface area (Å²) in [7, 11) is 0. The van der Waals surface area contributed by atoms with Gasteiger partial charge in [-0.1, -0.05) is 19.9 Å². The van der Waals surface area contributed by atoms with Gasteiger partial charge in [0.2, 0.25) is 0 Å². The van der Waals surface area contributed by atoms with E-state index < -0.39 is 12.3 Å². The van der Waals surface area contributed by atoms with Crippen molar-refractivity contribution < 1.29 is 14.6 Å². The molecule has 8 atom stereocenters. The van der Waals surface area contributed by atoms with Gasteiger partial charge in [-0.25, -0.2) is 4.39 Å². The van der Waals surface area contributed by atoms with Gasteiger partial charge in [0.05, 0.1) is 6.10 Å². The average molecular weight is 306 g/mol. The maximum Gasteiger partial charge on any atom is 0.127 e. The summed E-state index contributed by atoms with van der Waals surface area (Å²) in [6.07, 6.45) is 8.91. The van der Waals surface area contributed by atoms with E-state index in [1.807, 2.05) is 12.2 Å². The number of hydrogen-bond acceptors (Lipinski definition) is 2. The van der Waals surface area contributed by atoms with Crippen LogP contribution in [0, 0.1) is 34.5 Å². The molecule has 122 valence electrons. The molecule has 0 aromatic carbocycles. The lowest BCUT2D eigenvalue weighted by atomic mass is 9.47. The third-order valence-electron chi connectivity index (χ3n) is 7.77. The maximum absolute atomic E-state index is 14.2. The summed E-state index contributed by atoms with van der Waals surface area (Å²) in [6.45, 7) is 4.42. The van der Waals surface area contributed by atoms with Gasteiger partial charge in [-0.2, -0.15) is 0 Å². The van der Waals surface area contributed by atoms with Crippen molar-refractivity contribution in [2.75, 3.05) is 0 Å². The Labute approximate surface area is 132 Å². The second-order valence-corrected chi connectivity index (χ2v) is 8.59. The SMILES string of the molecule is C[C@]12C=CC(O)=CC1CC[C@@H]1[C@H]2CC[C@]2(C)C(O)C(F)C[C@@H]12. The smallest absolute Gasteiger partial charge is 0.127 e. The zero-order chi connectivity index (χ0) is 15.7. The standard InChI is InChI=1S/C19H27FO2/c1-18-7-5-12(21)9-11(18)3-4-13-14(18)6-8-19(2)15(13)10-16(20)17(19)22/h5,7,9,11,13-17,21-22H,3-4,6,8,10H2,1-2H3/t11?,13-,14-,15+,16?,17?,18+,19+/m1/s1. The molecule has 2 N–H and O–H groups in total. The second-order valence-electron chi connectivity index (χ2n) is 8.59. The largest absolute Gasteiger partial charge is 0.508 e. The Hall–Kier alpha value is -0.830. The Balaban J connectivity index is 1.68. The molecule has 0 radical (unpaired) electrons. The highest BCUT2D eigenvalue weighted by Gasteiger charge is 2.61. The molecule has 0 aromatic rings. The van der Waals surface area contributed by atoms with Crippen LogP contribution in [0.4, 0.5) is 4.39 Å². The highest BCUT2D eigenvalue weighted by Crippen LogP contribution is 2.65. The molecule has 22 heavy (non-hydrogen) atoms. The lowest BCUT2D eigenvalue weighted by molar-refractivity contribution is -0.0895. The molecule has 0 bridgehead atoms. The molecule has 4 aliphatic carbocycles. The van der Waals surface area contributed by atoms with Crippen LogP contribution in [0.1, 0.15) is 46.0 Å². The quantitative estimate of drug-likeness (QED) is 0.705. The summed E-state index contributed by atoms with van der Waals surface area (Å²) in [5, 5.41) is 20.2. The third-order valence-corrected chi connectivity index (χ3v) is 7.77. The first-order chi connectivity index (χ1) is 10.4. The molecule has 0 heterocycles. The van der Waals surface area contributed by atoms with Crippen LogP contribution in [0.3, 0.4) is 0 Å². The van der Waals surface area contributed by atoms with Gasteiger partial charge in [0.15, 0.2) is 0 Å². The van der Waals surface area contributed by atoms with Crippen LogP contribution < -0.4 is 0 Å². The number of hydrogen-bond donors (Lipinski definition) is 2. The molecule has 3 unspecified atom stereocenters. The van der Waals surface area contributed by atoms with Gasteiger partial charge in [-0.05, 0) is 78.8 Å². The van der Waals surface area contributed by atoms with E-state index in [0.717, 1.165) is 25.7 Å². The Morgan fingerprint density at radius 3 is 2.73 bits per heavy atom. The molecule has 3 fully saturated rings. The molecular weight excluding hydrogens is 279 g/mol. The fraction of sp³-hybridized carbons (Fsp3) is 0.789. The van der Waals surface area contributed by atoms with Gasteiger partial charge in [-0.3, -0.25) is 0 Å². The number of allylic oxidation sites excluding steroid dienone is 3. The van der Waals surface area contributed by atoms with Crippen molar-refractivity contribution in [2.45, 2.75) is 58.2 Å². The van der Waals surface area contributed by atoms with Crippen molar-refractivity contribution in [2.24, 2.45) is 34.5 Å². The molecule has 0 aromatic heterocycles. The summed E-state index contributed by atoms with van der Waals surface area (Å²) in [5.41, 5.74) is -0.157. The van der Waals surface area contributed by atoms with Gasteiger partial charge in [0, 0.05) is 0 Å². The van der Waals surface area contributed by atoms with Crippen LogP contribution in [0.2, 0.25) is 0 Å². The molecule has 0 aliphatic heterocycles. The number of aliphatic hydroxyl groups is 2. The van der Waals surface area contributed by atoms with E-state index >= 15 is 0 Å². The number of alkyl halides is 1. The minimum absolute atomic E-state index is 0.0792. The molecular formula is C19H27FO2. The fourth-order valence-electron chi connectivity index (χ4n) is 6.40. The van der Waals surface area contributed by atoms with E-state index in [4.69, 9.17) is 0 Å². The number of fused-ring (bicyclic) bond motifs is 5. The minimum atomic E-state index is -1.05. The van der Waals surface area contributed by atoms with Crippen molar-refractivity contribution in [3.63, 3.8) is 0 Å². The van der Waals surface area contributed by atoms with Gasteiger partial charge in [0.25, 0.3) is 0 Å². The monoisotopic (exact) mass is 306 g/mol. The molecule has 0 spiro atoms. The van der Waals surface area contributed by atoms with E-state index in [1.54, 1.807) is 0 Å². The fourth-order valence-corrected chi connectivity index (χ4v) is 6.40. The highest BCUT2D eigenvalue weighted by molar-refractivity contribution is 5.27. The zero-order valence-electron chi connectivity index (χ0n) is 13.5. The van der Waals surface area contributed by atoms with Gasteiger partial charge < -0.3 is 10.2 Å². The summed E-state index contributed by atoms with van der Waals surface area (Å²) >= 11 is 0. The van der Waals surface area contributed by atoms with Gasteiger partial charge >= 0.3 is 0 Å². The first-order valence-corrected chi connectivity index (χ1v) is 8.78. The molecule has 0 saturated heterocycles. The number of aliphatic hydroxyl groups excluding tert-OH is 2. The molecule has 2 nitrogen and oxygen atoms in total. The van der Waals surface area contributed by atoms with Gasteiger partial charge in [-0.15, -0.1) is 0 Å². The predicted molar refractivity (Wildman–Crippen MR) is 84.0 cm³/mol. The Morgan fingerprint density at radius 2 is 1.95 bits per heavy atom. The van der Waals surface area contributed by atoms with Crippen LogP contribution >= 0.6 is 0 Å². The third kappa shape index (κ3) is 1.75. The first kappa shape index (κ1) is 14.7. The van der Waals surface area contributed by atoms with E-state index in [9.17, 15) is 14.6 Å². The molecule has 0 amide bonds. The lowest BCUT2D eigenvalue weighted by Gasteiger charge is -2.57. The Bertz CT molecular complexity index is 542. The Morgan fingerprint density at radius 1 is 1.18 bits per heavy atom. The highest BCUT2D eigenvalue weighted by atomic mass is 19.1. The van der Waals surface area contributed by atoms with Crippen LogP contribution in [0.15, 0.2) is 24.0 Å². The number of rotatable bonds is 0. The summed E-state index contributed by atoms with van der Waals surface area (Å²) in [4.78, 5) is 0. The van der Waals surface area contributed by atoms with E-state index in [2.05, 4.69) is 19.9 Å². The summed E-state index contributed by atoms with van der Waals surface area (Å²) in [6, 6.07) is 0. The minimum Gasteiger partial charge on any atom is -0.508 e. The summed E-state index contributed by atoms with van der Waals surface area (Å²) < 4.78 is 14.2. The van der Waals surface area contributed by atoms with Crippen LogP contribution in [0.5, 0.6) is 0 Å². The molecule has 3 saturated carbocycles. The van der Waals surface area contributed by atoms with Gasteiger partial charge in [0.1, 0.15) is 11.9 Å². The second kappa shape index (κ2) is 4.59.